The van der Waals surface area contributed by atoms with Crippen LogP contribution in [0, 0.1) is 0 Å². The SMILES string of the molecule is CCOC(=O)C(CCSC)N=C([O-])c1cc2c3ccccc3n(CCc3ccccc3)c2c[n+]1Cc1ccccc1. The zero-order chi connectivity index (χ0) is 28.6. The predicted molar refractivity (Wildman–Crippen MR) is 165 cm³/mol. The Balaban J connectivity index is 1.65. The van der Waals surface area contributed by atoms with Crippen molar-refractivity contribution in [2.45, 2.75) is 38.9 Å². The van der Waals surface area contributed by atoms with Gasteiger partial charge in [-0.3, -0.25) is 4.99 Å². The summed E-state index contributed by atoms with van der Waals surface area (Å²) in [6.07, 6.45) is 5.38. The molecule has 0 bridgehead atoms. The average Bonchev–Trinajstić information content (AvgIpc) is 3.31. The zero-order valence-electron chi connectivity index (χ0n) is 23.5. The standard InChI is InChI=1S/C34H35N3O3S/c1-3-40-34(39)29(19-21-41-2)35-33(38)31-22-28-27-16-10-11-17-30(27)37(20-18-25-12-6-4-7-13-25)32(28)24-36(31)23-26-14-8-5-9-15-26/h4-17,22,24,29H,3,18-21,23H2,1-2H3. The molecule has 5 aromatic rings. The van der Waals surface area contributed by atoms with Crippen molar-refractivity contribution in [3.05, 3.63) is 114 Å². The number of ether oxygens (including phenoxy) is 1. The molecule has 0 saturated carbocycles. The van der Waals surface area contributed by atoms with Crippen molar-refractivity contribution < 1.29 is 19.2 Å². The van der Waals surface area contributed by atoms with E-state index in [9.17, 15) is 9.90 Å². The average molecular weight is 566 g/mol. The van der Waals surface area contributed by atoms with Gasteiger partial charge in [-0.2, -0.15) is 16.3 Å². The number of aliphatic imine (C=N–C) groups is 1. The monoisotopic (exact) mass is 565 g/mol. The van der Waals surface area contributed by atoms with Gasteiger partial charge in [0.25, 0.3) is 0 Å². The van der Waals surface area contributed by atoms with Crippen LogP contribution < -0.4 is 9.67 Å². The first-order chi connectivity index (χ1) is 20.1. The smallest absolute Gasteiger partial charge is 0.330 e. The number of para-hydroxylation sites is 1. The van der Waals surface area contributed by atoms with E-state index in [-0.39, 0.29) is 6.61 Å². The molecule has 6 nitrogen and oxygen atoms in total. The van der Waals surface area contributed by atoms with Crippen LogP contribution in [0.1, 0.15) is 30.2 Å². The number of rotatable bonds is 12. The topological polar surface area (TPSA) is 70.5 Å². The molecule has 7 heteroatoms. The summed E-state index contributed by atoms with van der Waals surface area (Å²) in [5.41, 5.74) is 4.97. The first kappa shape index (κ1) is 28.4. The van der Waals surface area contributed by atoms with E-state index in [0.29, 0.717) is 24.4 Å². The van der Waals surface area contributed by atoms with E-state index in [4.69, 9.17) is 4.74 Å². The minimum atomic E-state index is -0.831. The Morgan fingerprint density at radius 2 is 1.63 bits per heavy atom. The number of carbonyl (C=O) groups excluding carboxylic acids is 1. The molecule has 5 rings (SSSR count). The van der Waals surface area contributed by atoms with Gasteiger partial charge in [0.1, 0.15) is 11.6 Å². The summed E-state index contributed by atoms with van der Waals surface area (Å²) in [6.45, 7) is 3.32. The Kier molecular flexibility index (Phi) is 9.36. The van der Waals surface area contributed by atoms with E-state index >= 15 is 0 Å². The number of aryl methyl sites for hydroxylation is 2. The Hall–Kier alpha value is -4.10. The fourth-order valence-electron chi connectivity index (χ4n) is 5.21. The summed E-state index contributed by atoms with van der Waals surface area (Å²) >= 11 is 1.62. The summed E-state index contributed by atoms with van der Waals surface area (Å²) < 4.78 is 9.56. The van der Waals surface area contributed by atoms with Crippen LogP contribution in [0.15, 0.2) is 102 Å². The molecule has 3 aromatic carbocycles. The number of pyridine rings is 1. The van der Waals surface area contributed by atoms with Gasteiger partial charge < -0.3 is 14.4 Å². The molecule has 0 aliphatic rings. The number of hydrogen-bond donors (Lipinski definition) is 0. The Morgan fingerprint density at radius 1 is 0.951 bits per heavy atom. The van der Waals surface area contributed by atoms with Gasteiger partial charge in [-0.15, -0.1) is 0 Å². The maximum absolute atomic E-state index is 13.8. The molecular weight excluding hydrogens is 530 g/mol. The Labute approximate surface area is 245 Å². The van der Waals surface area contributed by atoms with Gasteiger partial charge in [0.15, 0.2) is 12.7 Å². The third-order valence-electron chi connectivity index (χ3n) is 7.23. The number of hydrogen-bond acceptors (Lipinski definition) is 5. The summed E-state index contributed by atoms with van der Waals surface area (Å²) in [6, 6.07) is 30.0. The van der Waals surface area contributed by atoms with E-state index in [1.165, 1.54) is 5.56 Å². The van der Waals surface area contributed by atoms with Crippen LogP contribution in [0.3, 0.4) is 0 Å². The van der Waals surface area contributed by atoms with Gasteiger partial charge in [-0.1, -0.05) is 78.9 Å². The summed E-state index contributed by atoms with van der Waals surface area (Å²) in [4.78, 5) is 17.1. The van der Waals surface area contributed by atoms with Gasteiger partial charge in [-0.05, 0) is 43.4 Å². The highest BCUT2D eigenvalue weighted by molar-refractivity contribution is 7.98. The van der Waals surface area contributed by atoms with Crippen molar-refractivity contribution in [2.75, 3.05) is 18.6 Å². The van der Waals surface area contributed by atoms with Crippen LogP contribution in [0.5, 0.6) is 0 Å². The fourth-order valence-corrected chi connectivity index (χ4v) is 5.67. The van der Waals surface area contributed by atoms with E-state index in [0.717, 1.165) is 40.3 Å². The molecule has 2 aromatic heterocycles. The first-order valence-corrected chi connectivity index (χ1v) is 15.4. The lowest BCUT2D eigenvalue weighted by Crippen LogP contribution is -2.45. The fraction of sp³-hybridized carbons (Fsp3) is 0.265. The minimum Gasteiger partial charge on any atom is -0.854 e. The van der Waals surface area contributed by atoms with Gasteiger partial charge in [0.05, 0.1) is 12.5 Å². The number of nitrogens with zero attached hydrogens (tertiary/aromatic N) is 3. The molecule has 0 fully saturated rings. The quantitative estimate of drug-likeness (QED) is 0.0907. The third kappa shape index (κ3) is 6.63. The lowest BCUT2D eigenvalue weighted by atomic mass is 10.1. The maximum atomic E-state index is 13.8. The first-order valence-electron chi connectivity index (χ1n) is 14.0. The number of benzene rings is 3. The Bertz CT molecular complexity index is 1650. The molecular formula is C34H35N3O3S. The van der Waals surface area contributed by atoms with Gasteiger partial charge in [-0.25, -0.2) is 4.79 Å². The molecule has 2 heterocycles. The van der Waals surface area contributed by atoms with Crippen LogP contribution in [0.25, 0.3) is 21.8 Å². The molecule has 0 N–H and O–H groups in total. The normalized spacial score (nSPS) is 12.6. The maximum Gasteiger partial charge on any atom is 0.330 e. The van der Waals surface area contributed by atoms with E-state index < -0.39 is 17.9 Å². The number of carbonyl (C=O) groups is 1. The third-order valence-corrected chi connectivity index (χ3v) is 7.87. The van der Waals surface area contributed by atoms with Gasteiger partial charge in [0, 0.05) is 34.5 Å². The Morgan fingerprint density at radius 3 is 2.34 bits per heavy atom. The van der Waals surface area contributed by atoms with Crippen LogP contribution in [0.4, 0.5) is 0 Å². The van der Waals surface area contributed by atoms with Crippen molar-refractivity contribution in [2.24, 2.45) is 4.99 Å². The van der Waals surface area contributed by atoms with Crippen molar-refractivity contribution in [3.63, 3.8) is 0 Å². The number of fused-ring (bicyclic) bond motifs is 3. The molecule has 0 aliphatic heterocycles. The highest BCUT2D eigenvalue weighted by Gasteiger charge is 2.23. The summed E-state index contributed by atoms with van der Waals surface area (Å²) in [7, 11) is 0. The molecule has 0 radical (unpaired) electrons. The lowest BCUT2D eigenvalue weighted by Gasteiger charge is -2.16. The second-order valence-electron chi connectivity index (χ2n) is 9.96. The van der Waals surface area contributed by atoms with Crippen molar-refractivity contribution in [1.82, 2.24) is 4.57 Å². The summed E-state index contributed by atoms with van der Waals surface area (Å²) in [5, 5.41) is 15.9. The molecule has 1 atom stereocenters. The summed E-state index contributed by atoms with van der Waals surface area (Å²) in [5.74, 6) is -0.163. The molecule has 0 amide bonds. The minimum absolute atomic E-state index is 0.251. The van der Waals surface area contributed by atoms with Crippen LogP contribution in [-0.2, 0) is 29.0 Å². The van der Waals surface area contributed by atoms with Gasteiger partial charge in [0.2, 0.25) is 5.69 Å². The van der Waals surface area contributed by atoms with Crippen molar-refractivity contribution in [1.29, 1.82) is 0 Å². The number of thioether (sulfide) groups is 1. The number of esters is 1. The lowest BCUT2D eigenvalue weighted by molar-refractivity contribution is -0.690. The highest BCUT2D eigenvalue weighted by Crippen LogP contribution is 2.29. The molecule has 1 unspecified atom stereocenters. The van der Waals surface area contributed by atoms with E-state index in [1.807, 2.05) is 59.4 Å². The van der Waals surface area contributed by atoms with Crippen LogP contribution in [0.2, 0.25) is 0 Å². The highest BCUT2D eigenvalue weighted by atomic mass is 32.2. The predicted octanol–water partition coefficient (Wildman–Crippen LogP) is 5.16. The second kappa shape index (κ2) is 13.5. The molecule has 0 spiro atoms. The second-order valence-corrected chi connectivity index (χ2v) is 10.9. The zero-order valence-corrected chi connectivity index (χ0v) is 24.3. The molecule has 210 valence electrons. The van der Waals surface area contributed by atoms with Gasteiger partial charge >= 0.3 is 5.97 Å². The van der Waals surface area contributed by atoms with E-state index in [1.54, 1.807) is 18.7 Å². The van der Waals surface area contributed by atoms with Crippen molar-refractivity contribution in [3.8, 4) is 0 Å². The van der Waals surface area contributed by atoms with Crippen molar-refractivity contribution >= 4 is 45.4 Å². The molecule has 41 heavy (non-hydrogen) atoms. The van der Waals surface area contributed by atoms with E-state index in [2.05, 4.69) is 58.2 Å². The van der Waals surface area contributed by atoms with Crippen LogP contribution >= 0.6 is 11.8 Å². The molecule has 0 saturated heterocycles. The molecule has 0 aliphatic carbocycles. The largest absolute Gasteiger partial charge is 0.854 e. The number of aromatic nitrogens is 2. The van der Waals surface area contributed by atoms with Crippen LogP contribution in [-0.4, -0.2) is 41.1 Å².